The average molecular weight is 925 g/mol. The third kappa shape index (κ3) is 29.4. The molecular formula is C54H117N9O2. The molecule has 0 amide bonds. The van der Waals surface area contributed by atoms with Crippen LogP contribution in [0.25, 0.3) is 0 Å². The van der Waals surface area contributed by atoms with Crippen LogP contribution in [0.2, 0.25) is 0 Å². The fourth-order valence-electron chi connectivity index (χ4n) is 8.95. The van der Waals surface area contributed by atoms with Gasteiger partial charge in [0.15, 0.2) is 0 Å². The summed E-state index contributed by atoms with van der Waals surface area (Å²) in [5.41, 5.74) is 2.23. The molecule has 6 heterocycles. The number of rotatable bonds is 2. The molecule has 6 fully saturated rings. The molecule has 0 bridgehead atoms. The van der Waals surface area contributed by atoms with E-state index in [1.54, 1.807) is 0 Å². The molecule has 11 heteroatoms. The van der Waals surface area contributed by atoms with Gasteiger partial charge in [0.1, 0.15) is 0 Å². The maximum absolute atomic E-state index is 5.27. The molecule has 11 nitrogen and oxygen atoms in total. The van der Waals surface area contributed by atoms with Crippen molar-refractivity contribution in [3.8, 4) is 0 Å². The number of morpholine rings is 2. The maximum atomic E-state index is 5.27. The Labute approximate surface area is 407 Å². The number of piperidine rings is 1. The Bertz CT molecular complexity index is 1080. The monoisotopic (exact) mass is 924 g/mol. The van der Waals surface area contributed by atoms with E-state index < -0.39 is 0 Å². The third-order valence-corrected chi connectivity index (χ3v) is 13.6. The van der Waals surface area contributed by atoms with Gasteiger partial charge in [0.25, 0.3) is 0 Å². The van der Waals surface area contributed by atoms with Gasteiger partial charge in [0, 0.05) is 145 Å². The first-order valence-electron chi connectivity index (χ1n) is 26.6. The highest BCUT2D eigenvalue weighted by Crippen LogP contribution is 2.20. The van der Waals surface area contributed by atoms with Crippen LogP contribution in [-0.4, -0.2) is 231 Å². The van der Waals surface area contributed by atoms with Gasteiger partial charge < -0.3 is 19.7 Å². The summed E-state index contributed by atoms with van der Waals surface area (Å²) in [7, 11) is 2.19. The standard InChI is InChI=1S/C11H24N2.C9H20N2.C9H19NO.C9H19N.C8H18N2.C8H17NO/c1-10(2)12-6-8-13(9-7-12)11(3,4)5;1-9(2,3)11-7-5-10(4)6-8-11;1-9(2,3)8-10-4-6-11-7-5-10;1-9(2,3)10-7-5-4-6-8-10;1-8(2,3)10-6-4-9-5-7-10;1-8(2,3)9-4-6-10-7-5-9/h10H,6-9H2,1-5H3;5-8H2,1-4H3;4-8H2,1-3H3;4-8H2,1-3H3;9H,4-7H2,1-3H3;4-7H2,1-3H3. The van der Waals surface area contributed by atoms with Crippen molar-refractivity contribution in [2.45, 2.75) is 191 Å². The van der Waals surface area contributed by atoms with Gasteiger partial charge in [-0.25, -0.2) is 0 Å². The molecule has 0 aromatic rings. The zero-order valence-electron chi connectivity index (χ0n) is 47.9. The Kier molecular flexibility index (Phi) is 28.6. The number of ether oxygens (including phenoxy) is 2. The van der Waals surface area contributed by atoms with Crippen molar-refractivity contribution in [2.24, 2.45) is 5.41 Å². The molecule has 6 saturated heterocycles. The van der Waals surface area contributed by atoms with Crippen molar-refractivity contribution in [1.82, 2.24) is 44.5 Å². The SMILES string of the molecule is CC(C)(C)CN1CCOCC1.CC(C)(C)N1CCCCC1.CC(C)(C)N1CCNCC1.CC(C)(C)N1CCOCC1.CC(C)N1CCN(C(C)(C)C)CC1.CN1CCN(C(C)(C)C)CC1. The van der Waals surface area contributed by atoms with Crippen LogP contribution in [-0.2, 0) is 9.47 Å². The number of likely N-dealkylation sites (N-methyl/N-ethyl adjacent to an activating group) is 1. The van der Waals surface area contributed by atoms with Crippen LogP contribution < -0.4 is 5.32 Å². The van der Waals surface area contributed by atoms with Crippen LogP contribution in [0, 0.1) is 5.41 Å². The second kappa shape index (κ2) is 29.7. The minimum atomic E-state index is 0.323. The smallest absolute Gasteiger partial charge is 0.0594 e. The number of piperazine rings is 3. The zero-order chi connectivity index (χ0) is 49.7. The lowest BCUT2D eigenvalue weighted by Crippen LogP contribution is -2.54. The fraction of sp³-hybridized carbons (Fsp3) is 1.00. The fourth-order valence-corrected chi connectivity index (χ4v) is 8.95. The van der Waals surface area contributed by atoms with Crippen molar-refractivity contribution in [3.63, 3.8) is 0 Å². The van der Waals surface area contributed by atoms with E-state index in [1.807, 2.05) is 0 Å². The van der Waals surface area contributed by atoms with Gasteiger partial charge in [-0.2, -0.15) is 0 Å². The Morgan fingerprint density at radius 3 is 1.02 bits per heavy atom. The van der Waals surface area contributed by atoms with Gasteiger partial charge in [-0.3, -0.25) is 34.3 Å². The Morgan fingerprint density at radius 1 is 0.385 bits per heavy atom. The molecule has 0 radical (unpaired) electrons. The van der Waals surface area contributed by atoms with E-state index >= 15 is 0 Å². The zero-order valence-corrected chi connectivity index (χ0v) is 47.9. The lowest BCUT2D eigenvalue weighted by Gasteiger charge is -2.43. The summed E-state index contributed by atoms with van der Waals surface area (Å²) >= 11 is 0. The normalized spacial score (nSPS) is 23.0. The van der Waals surface area contributed by atoms with E-state index in [4.69, 9.17) is 9.47 Å². The number of hydrogen-bond acceptors (Lipinski definition) is 11. The number of nitrogens with one attached hydrogen (secondary N) is 1. The van der Waals surface area contributed by atoms with Crippen LogP contribution >= 0.6 is 0 Å². The molecule has 0 aromatic heterocycles. The molecule has 0 spiro atoms. The van der Waals surface area contributed by atoms with Crippen molar-refractivity contribution in [3.05, 3.63) is 0 Å². The van der Waals surface area contributed by atoms with E-state index in [9.17, 15) is 0 Å². The van der Waals surface area contributed by atoms with Crippen LogP contribution in [0.3, 0.4) is 0 Å². The Balaban J connectivity index is 0.000000391. The quantitative estimate of drug-likeness (QED) is 0.292. The summed E-state index contributed by atoms with van der Waals surface area (Å²) in [6.07, 6.45) is 4.24. The summed E-state index contributed by atoms with van der Waals surface area (Å²) in [5, 5.41) is 3.35. The lowest BCUT2D eigenvalue weighted by atomic mass is 9.96. The van der Waals surface area contributed by atoms with Gasteiger partial charge in [0.2, 0.25) is 0 Å². The summed E-state index contributed by atoms with van der Waals surface area (Å²) in [6, 6.07) is 0.710. The highest BCUT2D eigenvalue weighted by atomic mass is 16.5. The van der Waals surface area contributed by atoms with Crippen LogP contribution in [0.1, 0.15) is 158 Å². The van der Waals surface area contributed by atoms with Gasteiger partial charge in [-0.05, 0) is 156 Å². The van der Waals surface area contributed by atoms with Crippen LogP contribution in [0.4, 0.5) is 0 Å². The minimum absolute atomic E-state index is 0.323. The molecule has 6 aliphatic rings. The predicted octanol–water partition coefficient (Wildman–Crippen LogP) is 8.29. The molecular weight excluding hydrogens is 807 g/mol. The second-order valence-corrected chi connectivity index (χ2v) is 26.1. The van der Waals surface area contributed by atoms with Crippen molar-refractivity contribution < 1.29 is 9.47 Å². The van der Waals surface area contributed by atoms with E-state index in [2.05, 4.69) is 190 Å². The van der Waals surface area contributed by atoms with E-state index in [1.165, 1.54) is 104 Å². The summed E-state index contributed by atoms with van der Waals surface area (Å²) in [4.78, 5) is 20.1. The lowest BCUT2D eigenvalue weighted by molar-refractivity contribution is -0.00389. The number of likely N-dealkylation sites (tertiary alicyclic amines) is 1. The minimum Gasteiger partial charge on any atom is -0.379 e. The summed E-state index contributed by atoms with van der Waals surface area (Å²) in [5.74, 6) is 0. The summed E-state index contributed by atoms with van der Waals surface area (Å²) in [6.45, 7) is 72.0. The van der Waals surface area contributed by atoms with Gasteiger partial charge in [-0.1, -0.05) is 27.2 Å². The van der Waals surface area contributed by atoms with E-state index in [0.717, 1.165) is 65.7 Å². The topological polar surface area (TPSA) is 56.4 Å². The number of nitrogens with zero attached hydrogens (tertiary/aromatic N) is 8. The highest BCUT2D eigenvalue weighted by molar-refractivity contribution is 4.84. The maximum Gasteiger partial charge on any atom is 0.0594 e. The van der Waals surface area contributed by atoms with Crippen molar-refractivity contribution in [2.75, 3.05) is 158 Å². The number of hydrogen-bond donors (Lipinski definition) is 1. The van der Waals surface area contributed by atoms with Crippen LogP contribution in [0.5, 0.6) is 0 Å². The van der Waals surface area contributed by atoms with Gasteiger partial charge >= 0.3 is 0 Å². The van der Waals surface area contributed by atoms with E-state index in [-0.39, 0.29) is 0 Å². The molecule has 0 unspecified atom stereocenters. The van der Waals surface area contributed by atoms with Gasteiger partial charge in [-0.15, -0.1) is 0 Å². The van der Waals surface area contributed by atoms with E-state index in [0.29, 0.717) is 39.2 Å². The summed E-state index contributed by atoms with van der Waals surface area (Å²) < 4.78 is 10.5. The predicted molar refractivity (Wildman–Crippen MR) is 285 cm³/mol. The molecule has 6 aliphatic heterocycles. The largest absolute Gasteiger partial charge is 0.379 e. The van der Waals surface area contributed by atoms with Crippen molar-refractivity contribution >= 4 is 0 Å². The third-order valence-electron chi connectivity index (χ3n) is 13.6. The Hall–Kier alpha value is -0.440. The molecule has 65 heavy (non-hydrogen) atoms. The van der Waals surface area contributed by atoms with Crippen LogP contribution in [0.15, 0.2) is 0 Å². The first-order chi connectivity index (χ1) is 29.8. The molecule has 0 aliphatic carbocycles. The highest BCUT2D eigenvalue weighted by Gasteiger charge is 2.28. The molecule has 1 N–H and O–H groups in total. The molecule has 6 rings (SSSR count). The molecule has 0 saturated carbocycles. The average Bonchev–Trinajstić information content (AvgIpc) is 3.21. The second-order valence-electron chi connectivity index (χ2n) is 26.1. The first-order valence-corrected chi connectivity index (χ1v) is 26.6. The first kappa shape index (κ1) is 62.6. The molecule has 0 atom stereocenters. The molecule has 390 valence electrons. The Morgan fingerprint density at radius 2 is 0.708 bits per heavy atom. The van der Waals surface area contributed by atoms with Crippen molar-refractivity contribution in [1.29, 1.82) is 0 Å². The van der Waals surface area contributed by atoms with Gasteiger partial charge in [0.05, 0.1) is 26.4 Å². The molecule has 0 aromatic carbocycles.